The number of likely N-dealkylation sites (tertiary alicyclic amines) is 1. The van der Waals surface area contributed by atoms with E-state index in [0.717, 1.165) is 40.8 Å². The fraction of sp³-hybridized carbons (Fsp3) is 0.514. The molecule has 2 bridgehead atoms. The maximum atomic E-state index is 13.9. The summed E-state index contributed by atoms with van der Waals surface area (Å²) in [6.45, 7) is 0.0141. The molecule has 248 valence electrons. The van der Waals surface area contributed by atoms with Crippen LogP contribution in [0.15, 0.2) is 48.5 Å². The molecule has 5 atom stereocenters. The molecule has 2 aromatic carbocycles. The van der Waals surface area contributed by atoms with Crippen LogP contribution >= 0.6 is 11.8 Å². The van der Waals surface area contributed by atoms with Gasteiger partial charge in [-0.1, -0.05) is 61.4 Å². The summed E-state index contributed by atoms with van der Waals surface area (Å²) >= 11 is 1.85. The van der Waals surface area contributed by atoms with E-state index in [-0.39, 0.29) is 67.2 Å². The zero-order chi connectivity index (χ0) is 32.7. The fourth-order valence-corrected chi connectivity index (χ4v) is 10.3. The van der Waals surface area contributed by atoms with E-state index >= 15 is 0 Å². The lowest BCUT2D eigenvalue weighted by Gasteiger charge is -2.53. The molecular weight excluding hydrogens is 618 g/mol. The van der Waals surface area contributed by atoms with Gasteiger partial charge in [-0.3, -0.25) is 34.9 Å². The first-order valence-electron chi connectivity index (χ1n) is 16.8. The van der Waals surface area contributed by atoms with Gasteiger partial charge in [-0.05, 0) is 47.9 Å². The number of rotatable bonds is 12. The number of carbonyl (C=O) groups excluding carboxylic acids is 5. The molecule has 5 N–H and O–H groups in total. The van der Waals surface area contributed by atoms with Crippen LogP contribution < -0.4 is 21.5 Å². The number of imide groups is 1. The molecule has 6 aliphatic rings. The summed E-state index contributed by atoms with van der Waals surface area (Å²) in [5.41, 5.74) is 7.92. The number of hydrogen-bond acceptors (Lipinski definition) is 7. The third-order valence-electron chi connectivity index (χ3n) is 10.8. The van der Waals surface area contributed by atoms with Gasteiger partial charge in [0.25, 0.3) is 0 Å². The molecule has 0 saturated carbocycles. The van der Waals surface area contributed by atoms with E-state index in [1.165, 1.54) is 4.90 Å². The van der Waals surface area contributed by atoms with E-state index in [1.54, 1.807) is 0 Å². The summed E-state index contributed by atoms with van der Waals surface area (Å²) in [4.78, 5) is 65.2. The topological polar surface area (TPSA) is 157 Å². The van der Waals surface area contributed by atoms with Gasteiger partial charge in [-0.15, -0.1) is 0 Å². The molecule has 0 radical (unpaired) electrons. The molecule has 3 saturated heterocycles. The molecule has 11 nitrogen and oxygen atoms in total. The molecule has 2 aromatic rings. The van der Waals surface area contributed by atoms with Crippen molar-refractivity contribution in [1.29, 1.82) is 0 Å². The molecule has 0 unspecified atom stereocenters. The van der Waals surface area contributed by atoms with Crippen molar-refractivity contribution in [1.82, 2.24) is 26.4 Å². The van der Waals surface area contributed by atoms with Gasteiger partial charge in [0.2, 0.25) is 23.6 Å². The lowest BCUT2D eigenvalue weighted by Crippen LogP contribution is -2.55. The maximum absolute atomic E-state index is 13.9. The van der Waals surface area contributed by atoms with Crippen LogP contribution in [0.2, 0.25) is 0 Å². The number of hydrazine groups is 1. The van der Waals surface area contributed by atoms with Gasteiger partial charge in [-0.2, -0.15) is 11.8 Å². The molecule has 12 heteroatoms. The molecule has 0 spiro atoms. The second kappa shape index (κ2) is 13.0. The van der Waals surface area contributed by atoms with Crippen molar-refractivity contribution in [2.45, 2.75) is 80.0 Å². The number of carbonyl (C=O) groups is 5. The largest absolute Gasteiger partial charge is 0.395 e. The maximum Gasteiger partial charge on any atom is 0.315 e. The number of benzene rings is 2. The van der Waals surface area contributed by atoms with Crippen LogP contribution in [0, 0.1) is 11.8 Å². The summed E-state index contributed by atoms with van der Waals surface area (Å²) < 4.78 is 0. The zero-order valence-electron chi connectivity index (χ0n) is 26.2. The zero-order valence-corrected chi connectivity index (χ0v) is 27.0. The van der Waals surface area contributed by atoms with Gasteiger partial charge in [0.1, 0.15) is 0 Å². The van der Waals surface area contributed by atoms with Crippen molar-refractivity contribution < 1.29 is 29.1 Å². The number of nitrogens with one attached hydrogen (secondary N) is 4. The number of amides is 6. The Hall–Kier alpha value is -3.90. The van der Waals surface area contributed by atoms with Gasteiger partial charge in [0.05, 0.1) is 35.9 Å². The third kappa shape index (κ3) is 5.39. The van der Waals surface area contributed by atoms with Crippen LogP contribution in [0.25, 0.3) is 0 Å². The number of unbranched alkanes of at least 4 members (excludes halogenated alkanes) is 3. The summed E-state index contributed by atoms with van der Waals surface area (Å²) in [6.07, 6.45) is 4.77. The molecule has 3 aliphatic carbocycles. The fourth-order valence-electron chi connectivity index (χ4n) is 8.75. The molecule has 0 aromatic heterocycles. The van der Waals surface area contributed by atoms with Gasteiger partial charge in [-0.25, -0.2) is 4.79 Å². The van der Waals surface area contributed by atoms with Gasteiger partial charge in [0, 0.05) is 36.3 Å². The van der Waals surface area contributed by atoms with Crippen LogP contribution in [0.1, 0.15) is 79.5 Å². The predicted molar refractivity (Wildman–Crippen MR) is 175 cm³/mol. The van der Waals surface area contributed by atoms with Crippen molar-refractivity contribution in [2.75, 3.05) is 18.9 Å². The van der Waals surface area contributed by atoms with E-state index in [4.69, 9.17) is 0 Å². The molecule has 6 amide bonds. The quantitative estimate of drug-likeness (QED) is 0.101. The minimum atomic E-state index is -0.957. The number of fused-ring (bicyclic) bond motifs is 1. The van der Waals surface area contributed by atoms with Crippen molar-refractivity contribution in [3.63, 3.8) is 0 Å². The van der Waals surface area contributed by atoms with Crippen LogP contribution in [0.3, 0.4) is 0 Å². The Balaban J connectivity index is 0.846. The number of nitrogens with zero attached hydrogens (tertiary/aromatic N) is 1. The third-order valence-corrected chi connectivity index (χ3v) is 12.4. The second-order valence-corrected chi connectivity index (χ2v) is 14.7. The lowest BCUT2D eigenvalue weighted by molar-refractivity contribution is -0.140. The van der Waals surface area contributed by atoms with Crippen molar-refractivity contribution >= 4 is 41.4 Å². The Kier molecular flexibility index (Phi) is 8.73. The first-order valence-corrected chi connectivity index (χ1v) is 17.8. The molecular formula is C35H41N5O6S. The van der Waals surface area contributed by atoms with Crippen LogP contribution in [0.4, 0.5) is 4.79 Å². The minimum absolute atomic E-state index is 0.101. The smallest absolute Gasteiger partial charge is 0.315 e. The van der Waals surface area contributed by atoms with E-state index in [9.17, 15) is 29.1 Å². The highest BCUT2D eigenvalue weighted by Crippen LogP contribution is 2.63. The molecule has 3 fully saturated rings. The van der Waals surface area contributed by atoms with Crippen LogP contribution in [-0.4, -0.2) is 75.9 Å². The van der Waals surface area contributed by atoms with Crippen molar-refractivity contribution in [3.05, 3.63) is 70.8 Å². The standard InChI is InChI=1S/C35H41N5O6S/c41-19-35-22-12-5-3-10-20(22)28(21-11-4-6-13-23(21)35)29-30(35)33(45)40(32(29)44)17-9-1-2-15-26(42)38-39-27(43)16-8-7-14-25-31-24(18-47-25)36-34(46)37-31/h3-6,10-13,24-25,28-31,41H,1-2,7-9,14-19H2,(H,38,42)(H,39,43)(H2,36,37,46)/t24-,25-,28?,29-,30+,31-,35?/m0/s1. The monoisotopic (exact) mass is 659 g/mol. The number of aliphatic hydroxyl groups excluding tert-OH is 1. The molecule has 8 rings (SSSR count). The van der Waals surface area contributed by atoms with E-state index < -0.39 is 17.3 Å². The summed E-state index contributed by atoms with van der Waals surface area (Å²) in [5.74, 6) is -1.44. The highest BCUT2D eigenvalue weighted by atomic mass is 32.2. The van der Waals surface area contributed by atoms with E-state index in [0.29, 0.717) is 37.4 Å². The Morgan fingerprint density at radius 3 is 2.15 bits per heavy atom. The van der Waals surface area contributed by atoms with Crippen molar-refractivity contribution in [3.8, 4) is 0 Å². The highest BCUT2D eigenvalue weighted by molar-refractivity contribution is 8.00. The average molecular weight is 660 g/mol. The lowest BCUT2D eigenvalue weighted by atomic mass is 9.47. The SMILES string of the molecule is O=C(CCCCCN1C(=O)[C@H]2C3c4ccccc4C(CO)(c4ccccc43)[C@H]2C1=O)NNC(=O)CCCC[C@@H]1SC[C@@H]2NC(=O)N[C@@H]21. The average Bonchev–Trinajstić information content (AvgIpc) is 3.72. The Morgan fingerprint density at radius 2 is 1.49 bits per heavy atom. The van der Waals surface area contributed by atoms with Gasteiger partial charge < -0.3 is 15.7 Å². The molecule has 3 heterocycles. The number of hydrogen-bond donors (Lipinski definition) is 5. The van der Waals surface area contributed by atoms with Gasteiger partial charge >= 0.3 is 6.03 Å². The van der Waals surface area contributed by atoms with E-state index in [1.807, 2.05) is 60.3 Å². The Labute approximate surface area is 278 Å². The highest BCUT2D eigenvalue weighted by Gasteiger charge is 2.67. The number of thioether (sulfide) groups is 1. The van der Waals surface area contributed by atoms with Gasteiger partial charge in [0.15, 0.2) is 0 Å². The molecule has 47 heavy (non-hydrogen) atoms. The second-order valence-electron chi connectivity index (χ2n) is 13.4. The number of urea groups is 1. The normalized spacial score (nSPS) is 29.5. The van der Waals surface area contributed by atoms with Crippen LogP contribution in [0.5, 0.6) is 0 Å². The Morgan fingerprint density at radius 1 is 0.851 bits per heavy atom. The predicted octanol–water partition coefficient (Wildman–Crippen LogP) is 2.46. The van der Waals surface area contributed by atoms with E-state index in [2.05, 4.69) is 21.5 Å². The summed E-state index contributed by atoms with van der Waals surface area (Å²) in [5, 5.41) is 17.2. The van der Waals surface area contributed by atoms with Crippen molar-refractivity contribution in [2.24, 2.45) is 11.8 Å². The summed E-state index contributed by atoms with van der Waals surface area (Å²) in [7, 11) is 0. The minimum Gasteiger partial charge on any atom is -0.395 e. The number of aliphatic hydroxyl groups is 1. The Bertz CT molecular complexity index is 1550. The molecule has 3 aliphatic heterocycles. The first kappa shape index (κ1) is 31.7. The summed E-state index contributed by atoms with van der Waals surface area (Å²) in [6, 6.07) is 16.0. The first-order chi connectivity index (χ1) is 22.8. The van der Waals surface area contributed by atoms with Crippen LogP contribution in [-0.2, 0) is 24.6 Å².